The number of rotatable bonds is 2. The standard InChI is InChI=1S/C23H22Cl2O3/c1-12-6-7-13(14-8-9-16(24)17(25)11-14)10-15(12)18-19(26)22(2,3)21(28)23(4,5)20(18)27/h6-11,26H,1-5H3. The molecule has 1 N–H and O–H groups in total. The number of hydrogen-bond acceptors (Lipinski definition) is 3. The first kappa shape index (κ1) is 20.6. The second-order valence-corrected chi connectivity index (χ2v) is 9.10. The Morgan fingerprint density at radius 3 is 2.00 bits per heavy atom. The SMILES string of the molecule is Cc1ccc(-c2ccc(Cl)c(Cl)c2)cc1C1=C(O)C(C)(C)C(=O)C(C)(C)C1=O. The topological polar surface area (TPSA) is 54.4 Å². The highest BCUT2D eigenvalue weighted by Gasteiger charge is 2.53. The van der Waals surface area contributed by atoms with Crippen molar-refractivity contribution < 1.29 is 14.7 Å². The van der Waals surface area contributed by atoms with E-state index in [9.17, 15) is 14.7 Å². The van der Waals surface area contributed by atoms with Crippen LogP contribution in [0.1, 0.15) is 38.8 Å². The van der Waals surface area contributed by atoms with Gasteiger partial charge in [0.2, 0.25) is 0 Å². The van der Waals surface area contributed by atoms with Crippen LogP contribution < -0.4 is 0 Å². The third kappa shape index (κ3) is 3.07. The number of Topliss-reactive ketones (excluding diaryl/α,β-unsaturated/α-hetero) is 2. The predicted molar refractivity (Wildman–Crippen MR) is 114 cm³/mol. The molecule has 2 aromatic rings. The van der Waals surface area contributed by atoms with E-state index in [4.69, 9.17) is 23.2 Å². The lowest BCUT2D eigenvalue weighted by Gasteiger charge is -2.38. The first-order valence-electron chi connectivity index (χ1n) is 8.99. The molecule has 2 aromatic carbocycles. The fourth-order valence-electron chi connectivity index (χ4n) is 3.72. The molecule has 0 saturated carbocycles. The van der Waals surface area contributed by atoms with Gasteiger partial charge in [-0.05, 0) is 75.1 Å². The number of aliphatic hydroxyl groups excluding tert-OH is 1. The van der Waals surface area contributed by atoms with Crippen molar-refractivity contribution in [3.8, 4) is 11.1 Å². The second kappa shape index (κ2) is 6.75. The minimum absolute atomic E-state index is 0.184. The van der Waals surface area contributed by atoms with E-state index in [1.54, 1.807) is 39.8 Å². The number of hydrogen-bond donors (Lipinski definition) is 1. The number of aryl methyl sites for hydroxylation is 1. The number of halogens is 2. The molecule has 28 heavy (non-hydrogen) atoms. The number of benzene rings is 2. The van der Waals surface area contributed by atoms with E-state index in [-0.39, 0.29) is 22.9 Å². The van der Waals surface area contributed by atoms with E-state index in [1.165, 1.54) is 0 Å². The summed E-state index contributed by atoms with van der Waals surface area (Å²) in [4.78, 5) is 25.9. The van der Waals surface area contributed by atoms with Gasteiger partial charge in [0.05, 0.1) is 26.4 Å². The van der Waals surface area contributed by atoms with Crippen LogP contribution in [0.25, 0.3) is 16.7 Å². The molecule has 3 rings (SSSR count). The summed E-state index contributed by atoms with van der Waals surface area (Å²) in [5.41, 5.74) is 0.970. The van der Waals surface area contributed by atoms with Gasteiger partial charge >= 0.3 is 0 Å². The van der Waals surface area contributed by atoms with Crippen molar-refractivity contribution in [3.05, 3.63) is 63.3 Å². The minimum atomic E-state index is -1.21. The van der Waals surface area contributed by atoms with Crippen LogP contribution in [0.15, 0.2) is 42.2 Å². The molecule has 1 aliphatic carbocycles. The van der Waals surface area contributed by atoms with Gasteiger partial charge in [-0.3, -0.25) is 9.59 Å². The first-order valence-corrected chi connectivity index (χ1v) is 9.74. The maximum absolute atomic E-state index is 13.2. The van der Waals surface area contributed by atoms with Crippen LogP contribution in [0.3, 0.4) is 0 Å². The van der Waals surface area contributed by atoms with Crippen LogP contribution >= 0.6 is 23.2 Å². The Hall–Kier alpha value is -2.10. The van der Waals surface area contributed by atoms with Crippen molar-refractivity contribution in [3.63, 3.8) is 0 Å². The maximum Gasteiger partial charge on any atom is 0.179 e. The molecule has 1 aliphatic rings. The molecule has 3 nitrogen and oxygen atoms in total. The van der Waals surface area contributed by atoms with Crippen molar-refractivity contribution in [2.24, 2.45) is 10.8 Å². The normalized spacial score (nSPS) is 18.5. The maximum atomic E-state index is 13.2. The molecule has 146 valence electrons. The van der Waals surface area contributed by atoms with Gasteiger partial charge in [0.15, 0.2) is 11.6 Å². The van der Waals surface area contributed by atoms with Crippen LogP contribution in [0.4, 0.5) is 0 Å². The molecule has 0 amide bonds. The van der Waals surface area contributed by atoms with E-state index in [2.05, 4.69) is 0 Å². The number of allylic oxidation sites excluding steroid dienone is 2. The average molecular weight is 417 g/mol. The Labute approximate surface area is 175 Å². The van der Waals surface area contributed by atoms with E-state index in [0.717, 1.165) is 16.7 Å². The Bertz CT molecular complexity index is 1050. The van der Waals surface area contributed by atoms with Crippen LogP contribution in [0, 0.1) is 17.8 Å². The second-order valence-electron chi connectivity index (χ2n) is 8.29. The zero-order valence-electron chi connectivity index (χ0n) is 16.5. The monoisotopic (exact) mass is 416 g/mol. The minimum Gasteiger partial charge on any atom is -0.510 e. The van der Waals surface area contributed by atoms with Gasteiger partial charge in [-0.1, -0.05) is 41.4 Å². The lowest BCUT2D eigenvalue weighted by atomic mass is 9.62. The lowest BCUT2D eigenvalue weighted by Crippen LogP contribution is -2.48. The molecule has 0 bridgehead atoms. The highest BCUT2D eigenvalue weighted by molar-refractivity contribution is 6.42. The Morgan fingerprint density at radius 1 is 0.821 bits per heavy atom. The summed E-state index contributed by atoms with van der Waals surface area (Å²) in [6, 6.07) is 11.0. The van der Waals surface area contributed by atoms with Gasteiger partial charge in [-0.2, -0.15) is 0 Å². The summed E-state index contributed by atoms with van der Waals surface area (Å²) in [7, 11) is 0. The van der Waals surface area contributed by atoms with Gasteiger partial charge in [0.25, 0.3) is 0 Å². The quantitative estimate of drug-likeness (QED) is 0.572. The smallest absolute Gasteiger partial charge is 0.179 e. The molecule has 0 heterocycles. The molecule has 0 atom stereocenters. The van der Waals surface area contributed by atoms with E-state index in [1.807, 2.05) is 31.2 Å². The number of carbonyl (C=O) groups excluding carboxylic acids is 2. The summed E-state index contributed by atoms with van der Waals surface area (Å²) in [6.07, 6.45) is 0. The van der Waals surface area contributed by atoms with E-state index >= 15 is 0 Å². The largest absolute Gasteiger partial charge is 0.510 e. The molecule has 0 aliphatic heterocycles. The van der Waals surface area contributed by atoms with E-state index < -0.39 is 10.8 Å². The molecular formula is C23H22Cl2O3. The third-order valence-corrected chi connectivity index (χ3v) is 6.26. The van der Waals surface area contributed by atoms with Crippen LogP contribution in [-0.4, -0.2) is 16.7 Å². The predicted octanol–water partition coefficient (Wildman–Crippen LogP) is 6.44. The van der Waals surface area contributed by atoms with Gasteiger partial charge < -0.3 is 5.11 Å². The van der Waals surface area contributed by atoms with Crippen molar-refractivity contribution in [1.29, 1.82) is 0 Å². The average Bonchev–Trinajstić information content (AvgIpc) is 2.63. The number of carbonyl (C=O) groups is 2. The van der Waals surface area contributed by atoms with Gasteiger partial charge in [0, 0.05) is 0 Å². The zero-order chi connectivity index (χ0) is 21.0. The van der Waals surface area contributed by atoms with Gasteiger partial charge in [0.1, 0.15) is 5.76 Å². The fourth-order valence-corrected chi connectivity index (χ4v) is 4.02. The van der Waals surface area contributed by atoms with Gasteiger partial charge in [-0.15, -0.1) is 0 Å². The van der Waals surface area contributed by atoms with Crippen molar-refractivity contribution in [2.75, 3.05) is 0 Å². The molecule has 0 fully saturated rings. The van der Waals surface area contributed by atoms with Crippen LogP contribution in [0.2, 0.25) is 10.0 Å². The van der Waals surface area contributed by atoms with Crippen molar-refractivity contribution in [1.82, 2.24) is 0 Å². The highest BCUT2D eigenvalue weighted by Crippen LogP contribution is 2.47. The fraction of sp³-hybridized carbons (Fsp3) is 0.304. The van der Waals surface area contributed by atoms with E-state index in [0.29, 0.717) is 15.6 Å². The van der Waals surface area contributed by atoms with Gasteiger partial charge in [-0.25, -0.2) is 0 Å². The summed E-state index contributed by atoms with van der Waals surface area (Å²) < 4.78 is 0. The van der Waals surface area contributed by atoms with Crippen molar-refractivity contribution >= 4 is 40.3 Å². The molecule has 0 unspecified atom stereocenters. The lowest BCUT2D eigenvalue weighted by molar-refractivity contribution is -0.143. The Balaban J connectivity index is 2.25. The number of ketones is 2. The Kier molecular flexibility index (Phi) is 4.97. The number of aliphatic hydroxyl groups is 1. The third-order valence-electron chi connectivity index (χ3n) is 5.52. The highest BCUT2D eigenvalue weighted by atomic mass is 35.5. The zero-order valence-corrected chi connectivity index (χ0v) is 18.0. The van der Waals surface area contributed by atoms with Crippen molar-refractivity contribution in [2.45, 2.75) is 34.6 Å². The Morgan fingerprint density at radius 2 is 1.39 bits per heavy atom. The van der Waals surface area contributed by atoms with Crippen LogP contribution in [0.5, 0.6) is 0 Å². The molecule has 5 heteroatoms. The molecule has 0 saturated heterocycles. The summed E-state index contributed by atoms with van der Waals surface area (Å²) >= 11 is 12.2. The van der Waals surface area contributed by atoms with Crippen LogP contribution in [-0.2, 0) is 9.59 Å². The first-order chi connectivity index (χ1) is 12.9. The molecule has 0 radical (unpaired) electrons. The summed E-state index contributed by atoms with van der Waals surface area (Å²) in [5.74, 6) is -0.843. The molecular weight excluding hydrogens is 395 g/mol. The summed E-state index contributed by atoms with van der Waals surface area (Å²) in [6.45, 7) is 8.40. The summed E-state index contributed by atoms with van der Waals surface area (Å²) in [5, 5.41) is 11.8. The molecule has 0 aromatic heterocycles. The molecule has 0 spiro atoms.